The van der Waals surface area contributed by atoms with Crippen LogP contribution in [0.4, 0.5) is 8.78 Å². The zero-order valence-corrected chi connectivity index (χ0v) is 12.0. The van der Waals surface area contributed by atoms with E-state index in [2.05, 4.69) is 0 Å². The molecule has 0 bridgehead atoms. The third-order valence-corrected chi connectivity index (χ3v) is 3.43. The summed E-state index contributed by atoms with van der Waals surface area (Å²) in [6, 6.07) is 3.38. The molecule has 5 heteroatoms. The first-order chi connectivity index (χ1) is 9.53. The van der Waals surface area contributed by atoms with Crippen LogP contribution in [0.1, 0.15) is 32.3 Å². The monoisotopic (exact) mass is 284 g/mol. The lowest BCUT2D eigenvalue weighted by Crippen LogP contribution is -2.43. The lowest BCUT2D eigenvalue weighted by Gasteiger charge is -2.30. The highest BCUT2D eigenvalue weighted by molar-refractivity contribution is 5.79. The molecule has 0 aliphatic rings. The van der Waals surface area contributed by atoms with Crippen molar-refractivity contribution in [2.75, 3.05) is 13.1 Å². The van der Waals surface area contributed by atoms with E-state index in [9.17, 15) is 13.6 Å². The molecule has 20 heavy (non-hydrogen) atoms. The summed E-state index contributed by atoms with van der Waals surface area (Å²) in [6.07, 6.45) is 1.59. The Morgan fingerprint density at radius 3 is 2.45 bits per heavy atom. The first-order valence-electron chi connectivity index (χ1n) is 6.96. The van der Waals surface area contributed by atoms with Crippen LogP contribution in [0.5, 0.6) is 0 Å². The molecule has 0 saturated heterocycles. The summed E-state index contributed by atoms with van der Waals surface area (Å²) in [5, 5.41) is 0. The molecule has 0 spiro atoms. The summed E-state index contributed by atoms with van der Waals surface area (Å²) in [4.78, 5) is 14.0. The molecule has 0 radical (unpaired) electrons. The average Bonchev–Trinajstić information content (AvgIpc) is 2.42. The lowest BCUT2D eigenvalue weighted by molar-refractivity contribution is -0.132. The fraction of sp³-hybridized carbons (Fsp3) is 0.533. The zero-order valence-electron chi connectivity index (χ0n) is 12.0. The van der Waals surface area contributed by atoms with Gasteiger partial charge in [0.05, 0.1) is 6.42 Å². The van der Waals surface area contributed by atoms with E-state index in [1.54, 1.807) is 4.90 Å². The SMILES string of the molecule is CCC(CC)N(CCN)C(=O)Cc1ccc(F)cc1F. The first-order valence-corrected chi connectivity index (χ1v) is 6.96. The van der Waals surface area contributed by atoms with Gasteiger partial charge in [0.2, 0.25) is 5.91 Å². The molecular formula is C15H22F2N2O. The maximum atomic E-state index is 13.6. The summed E-state index contributed by atoms with van der Waals surface area (Å²) < 4.78 is 26.4. The second kappa shape index (κ2) is 7.94. The highest BCUT2D eigenvalue weighted by atomic mass is 19.1. The molecule has 0 fully saturated rings. The standard InChI is InChI=1S/C15H22F2N2O/c1-3-13(4-2)19(8-7-18)15(20)9-11-5-6-12(16)10-14(11)17/h5-6,10,13H,3-4,7-9,18H2,1-2H3. The number of carbonyl (C=O) groups excluding carboxylic acids is 1. The van der Waals surface area contributed by atoms with Crippen LogP contribution < -0.4 is 5.73 Å². The fourth-order valence-corrected chi connectivity index (χ4v) is 2.31. The molecule has 0 atom stereocenters. The second-order valence-corrected chi connectivity index (χ2v) is 4.76. The number of rotatable bonds is 7. The molecule has 1 amide bonds. The minimum atomic E-state index is -0.685. The van der Waals surface area contributed by atoms with Crippen LogP contribution >= 0.6 is 0 Å². The highest BCUT2D eigenvalue weighted by Gasteiger charge is 2.21. The van der Waals surface area contributed by atoms with E-state index in [1.807, 2.05) is 13.8 Å². The maximum absolute atomic E-state index is 13.6. The van der Waals surface area contributed by atoms with Crippen LogP contribution in [-0.4, -0.2) is 29.9 Å². The number of hydrogen-bond donors (Lipinski definition) is 1. The van der Waals surface area contributed by atoms with E-state index in [4.69, 9.17) is 5.73 Å². The lowest BCUT2D eigenvalue weighted by atomic mass is 10.1. The third kappa shape index (κ3) is 4.27. The van der Waals surface area contributed by atoms with Crippen LogP contribution in [0.15, 0.2) is 18.2 Å². The van der Waals surface area contributed by atoms with Crippen molar-refractivity contribution in [2.24, 2.45) is 5.73 Å². The molecule has 0 heterocycles. The van der Waals surface area contributed by atoms with Crippen molar-refractivity contribution in [3.63, 3.8) is 0 Å². The van der Waals surface area contributed by atoms with Crippen LogP contribution in [0, 0.1) is 11.6 Å². The second-order valence-electron chi connectivity index (χ2n) is 4.76. The summed E-state index contributed by atoms with van der Waals surface area (Å²) in [5.41, 5.74) is 5.75. The van der Waals surface area contributed by atoms with Gasteiger partial charge in [0.1, 0.15) is 11.6 Å². The first kappa shape index (κ1) is 16.6. The van der Waals surface area contributed by atoms with Crippen LogP contribution in [0.25, 0.3) is 0 Å². The van der Waals surface area contributed by atoms with E-state index >= 15 is 0 Å². The molecule has 0 unspecified atom stereocenters. The quantitative estimate of drug-likeness (QED) is 0.836. The largest absolute Gasteiger partial charge is 0.338 e. The molecule has 2 N–H and O–H groups in total. The maximum Gasteiger partial charge on any atom is 0.227 e. The predicted molar refractivity (Wildman–Crippen MR) is 75.2 cm³/mol. The summed E-state index contributed by atoms with van der Waals surface area (Å²) >= 11 is 0. The molecule has 1 aromatic carbocycles. The van der Waals surface area contributed by atoms with Gasteiger partial charge in [0, 0.05) is 25.2 Å². The Morgan fingerprint density at radius 2 is 1.95 bits per heavy atom. The molecule has 112 valence electrons. The Balaban J connectivity index is 2.84. The molecule has 1 rings (SSSR count). The van der Waals surface area contributed by atoms with Gasteiger partial charge < -0.3 is 10.6 Å². The number of amides is 1. The van der Waals surface area contributed by atoms with Gasteiger partial charge in [-0.3, -0.25) is 4.79 Å². The van der Waals surface area contributed by atoms with Crippen molar-refractivity contribution < 1.29 is 13.6 Å². The van der Waals surface area contributed by atoms with Crippen molar-refractivity contribution in [1.82, 2.24) is 4.90 Å². The molecule has 3 nitrogen and oxygen atoms in total. The topological polar surface area (TPSA) is 46.3 Å². The van der Waals surface area contributed by atoms with Gasteiger partial charge in [0.25, 0.3) is 0 Å². The Bertz CT molecular complexity index is 447. The van der Waals surface area contributed by atoms with Crippen molar-refractivity contribution >= 4 is 5.91 Å². The van der Waals surface area contributed by atoms with Crippen LogP contribution in [0.2, 0.25) is 0 Å². The average molecular weight is 284 g/mol. The van der Waals surface area contributed by atoms with Gasteiger partial charge >= 0.3 is 0 Å². The number of benzene rings is 1. The van der Waals surface area contributed by atoms with Gasteiger partial charge in [-0.15, -0.1) is 0 Å². The van der Waals surface area contributed by atoms with E-state index in [-0.39, 0.29) is 23.9 Å². The van der Waals surface area contributed by atoms with Crippen molar-refractivity contribution in [3.05, 3.63) is 35.4 Å². The predicted octanol–water partition coefficient (Wildman–Crippen LogP) is 2.48. The minimum Gasteiger partial charge on any atom is -0.338 e. The molecule has 0 aromatic heterocycles. The van der Waals surface area contributed by atoms with E-state index in [0.717, 1.165) is 25.0 Å². The molecule has 0 aliphatic carbocycles. The summed E-state index contributed by atoms with van der Waals surface area (Å²) in [7, 11) is 0. The summed E-state index contributed by atoms with van der Waals surface area (Å²) in [5.74, 6) is -1.50. The number of nitrogens with zero attached hydrogens (tertiary/aromatic N) is 1. The molecule has 0 saturated carbocycles. The third-order valence-electron chi connectivity index (χ3n) is 3.43. The van der Waals surface area contributed by atoms with Gasteiger partial charge in [-0.05, 0) is 24.5 Å². The number of carbonyl (C=O) groups is 1. The van der Waals surface area contributed by atoms with Crippen LogP contribution in [-0.2, 0) is 11.2 Å². The van der Waals surface area contributed by atoms with Gasteiger partial charge in [0.15, 0.2) is 0 Å². The number of hydrogen-bond acceptors (Lipinski definition) is 2. The summed E-state index contributed by atoms with van der Waals surface area (Å²) in [6.45, 7) is 4.83. The van der Waals surface area contributed by atoms with Crippen molar-refractivity contribution in [1.29, 1.82) is 0 Å². The van der Waals surface area contributed by atoms with E-state index in [0.29, 0.717) is 13.1 Å². The van der Waals surface area contributed by atoms with Gasteiger partial charge in [-0.25, -0.2) is 8.78 Å². The van der Waals surface area contributed by atoms with Crippen LogP contribution in [0.3, 0.4) is 0 Å². The highest BCUT2D eigenvalue weighted by Crippen LogP contribution is 2.14. The fourth-order valence-electron chi connectivity index (χ4n) is 2.31. The van der Waals surface area contributed by atoms with Crippen molar-refractivity contribution in [2.45, 2.75) is 39.2 Å². The van der Waals surface area contributed by atoms with Gasteiger partial charge in [-0.2, -0.15) is 0 Å². The molecule has 0 aliphatic heterocycles. The van der Waals surface area contributed by atoms with Gasteiger partial charge in [-0.1, -0.05) is 19.9 Å². The number of nitrogens with two attached hydrogens (primary N) is 1. The molecule has 1 aromatic rings. The minimum absolute atomic E-state index is 0.0669. The van der Waals surface area contributed by atoms with Crippen molar-refractivity contribution in [3.8, 4) is 0 Å². The van der Waals surface area contributed by atoms with E-state index < -0.39 is 11.6 Å². The molecular weight excluding hydrogens is 262 g/mol. The Hall–Kier alpha value is -1.49. The Morgan fingerprint density at radius 1 is 1.30 bits per heavy atom. The Kier molecular flexibility index (Phi) is 6.58. The zero-order chi connectivity index (χ0) is 15.1. The number of halogens is 2. The smallest absolute Gasteiger partial charge is 0.227 e. The van der Waals surface area contributed by atoms with E-state index in [1.165, 1.54) is 6.07 Å². The Labute approximate surface area is 118 Å². The normalized spacial score (nSPS) is 10.9.